The summed E-state index contributed by atoms with van der Waals surface area (Å²) in [4.78, 5) is 57.5. The standard InChI is InChI=1S/C40H32N2O6S2/c43-32(24-30-22-13-23-49-30)41-33-37(44)42-34(40(46)48-36(28-18-9-3-10-19-28)29-20-11-4-12-21-29)31(25-50-38(33)42)39(45)47-35(26-14-5-1-6-15-26)27-16-7-2-8-17-27/h1-23,25,33-36,38H,24H2,(H,41,43)/t33?,34?,38-/m0/s1. The summed E-state index contributed by atoms with van der Waals surface area (Å²) < 4.78 is 12.4. The Kier molecular flexibility index (Phi) is 9.91. The van der Waals surface area contributed by atoms with Crippen LogP contribution in [-0.4, -0.2) is 46.1 Å². The van der Waals surface area contributed by atoms with Crippen molar-refractivity contribution < 1.29 is 28.7 Å². The normalized spacial score (nSPS) is 18.1. The van der Waals surface area contributed by atoms with Crippen molar-refractivity contribution in [3.8, 4) is 0 Å². The molecule has 0 spiro atoms. The number of hydrogen-bond acceptors (Lipinski definition) is 8. The third-order valence-corrected chi connectivity index (χ3v) is 10.6. The molecular weight excluding hydrogens is 669 g/mol. The number of amides is 2. The number of hydrogen-bond donors (Lipinski definition) is 1. The molecule has 4 aromatic carbocycles. The van der Waals surface area contributed by atoms with E-state index in [0.29, 0.717) is 0 Å². The summed E-state index contributed by atoms with van der Waals surface area (Å²) in [5, 5.41) is 5.65. The molecule has 0 radical (unpaired) electrons. The first-order chi connectivity index (χ1) is 24.5. The molecule has 5 aromatic rings. The van der Waals surface area contributed by atoms with Crippen LogP contribution in [0.15, 0.2) is 150 Å². The number of ether oxygens (including phenoxy) is 2. The van der Waals surface area contributed by atoms with Crippen molar-refractivity contribution in [1.29, 1.82) is 0 Å². The second-order valence-corrected chi connectivity index (χ2v) is 13.8. The zero-order valence-electron chi connectivity index (χ0n) is 26.7. The second-order valence-electron chi connectivity index (χ2n) is 11.8. The first-order valence-corrected chi connectivity index (χ1v) is 17.9. The quantitative estimate of drug-likeness (QED) is 0.122. The van der Waals surface area contributed by atoms with E-state index in [9.17, 15) is 19.2 Å². The molecule has 50 heavy (non-hydrogen) atoms. The number of carbonyl (C=O) groups excluding carboxylic acids is 4. The Balaban J connectivity index is 1.20. The lowest BCUT2D eigenvalue weighted by Gasteiger charge is -2.51. The largest absolute Gasteiger partial charge is 0.451 e. The number of β-lactam (4-membered cyclic amide) rings is 1. The summed E-state index contributed by atoms with van der Waals surface area (Å²) in [5.74, 6) is -2.34. The predicted molar refractivity (Wildman–Crippen MR) is 192 cm³/mol. The summed E-state index contributed by atoms with van der Waals surface area (Å²) in [6.45, 7) is 0. The fraction of sp³-hybridized carbons (Fsp3) is 0.150. The van der Waals surface area contributed by atoms with Crippen molar-refractivity contribution in [2.45, 2.75) is 36.1 Å². The zero-order valence-corrected chi connectivity index (χ0v) is 28.3. The van der Waals surface area contributed by atoms with Crippen LogP contribution in [-0.2, 0) is 35.1 Å². The van der Waals surface area contributed by atoms with E-state index in [1.165, 1.54) is 28.0 Å². The molecule has 2 aliphatic rings. The molecule has 3 heterocycles. The van der Waals surface area contributed by atoms with Gasteiger partial charge in [-0.05, 0) is 39.1 Å². The van der Waals surface area contributed by atoms with Crippen molar-refractivity contribution in [2.75, 3.05) is 0 Å². The van der Waals surface area contributed by atoms with E-state index >= 15 is 0 Å². The Labute approximate surface area is 297 Å². The average molecular weight is 701 g/mol. The Morgan fingerprint density at radius 3 is 1.66 bits per heavy atom. The Bertz CT molecular complexity index is 1910. The molecular formula is C40H32N2O6S2. The van der Waals surface area contributed by atoms with Gasteiger partial charge in [0.2, 0.25) is 11.8 Å². The number of fused-ring (bicyclic) bond motifs is 1. The summed E-state index contributed by atoms with van der Waals surface area (Å²) in [7, 11) is 0. The highest BCUT2D eigenvalue weighted by Gasteiger charge is 2.58. The average Bonchev–Trinajstić information content (AvgIpc) is 3.68. The van der Waals surface area contributed by atoms with Crippen LogP contribution in [0.5, 0.6) is 0 Å². The molecule has 7 rings (SSSR count). The van der Waals surface area contributed by atoms with Crippen LogP contribution >= 0.6 is 23.1 Å². The van der Waals surface area contributed by atoms with Crippen LogP contribution < -0.4 is 5.32 Å². The van der Waals surface area contributed by atoms with E-state index in [1.54, 1.807) is 5.41 Å². The van der Waals surface area contributed by atoms with Crippen LogP contribution in [0.3, 0.4) is 0 Å². The molecule has 2 amide bonds. The number of rotatable bonds is 11. The smallest absolute Gasteiger partial charge is 0.338 e. The summed E-state index contributed by atoms with van der Waals surface area (Å²) in [6, 6.07) is 38.6. The molecule has 0 saturated carbocycles. The number of benzene rings is 4. The van der Waals surface area contributed by atoms with E-state index in [4.69, 9.17) is 9.47 Å². The number of carbonyl (C=O) groups is 4. The molecule has 0 aliphatic carbocycles. The number of esters is 2. The van der Waals surface area contributed by atoms with Gasteiger partial charge in [0.1, 0.15) is 11.4 Å². The third kappa shape index (κ3) is 6.99. The lowest BCUT2D eigenvalue weighted by molar-refractivity contribution is -0.167. The van der Waals surface area contributed by atoms with E-state index in [2.05, 4.69) is 5.32 Å². The molecule has 8 nitrogen and oxygen atoms in total. The van der Waals surface area contributed by atoms with Crippen LogP contribution in [0.2, 0.25) is 0 Å². The van der Waals surface area contributed by atoms with Gasteiger partial charge in [-0.25, -0.2) is 9.59 Å². The van der Waals surface area contributed by atoms with Crippen molar-refractivity contribution in [1.82, 2.24) is 10.2 Å². The minimum absolute atomic E-state index is 0.0234. The van der Waals surface area contributed by atoms with Crippen LogP contribution in [0.25, 0.3) is 0 Å². The first-order valence-electron chi connectivity index (χ1n) is 16.1. The molecule has 250 valence electrons. The molecule has 0 bridgehead atoms. The van der Waals surface area contributed by atoms with Crippen LogP contribution in [0.4, 0.5) is 0 Å². The lowest BCUT2D eigenvalue weighted by atomic mass is 9.96. The van der Waals surface area contributed by atoms with Gasteiger partial charge < -0.3 is 19.7 Å². The summed E-state index contributed by atoms with van der Waals surface area (Å²) in [5.41, 5.74) is 2.92. The molecule has 1 N–H and O–H groups in total. The molecule has 1 aromatic heterocycles. The van der Waals surface area contributed by atoms with E-state index in [-0.39, 0.29) is 17.9 Å². The third-order valence-electron chi connectivity index (χ3n) is 8.55. The van der Waals surface area contributed by atoms with Crippen LogP contribution in [0.1, 0.15) is 39.3 Å². The van der Waals surface area contributed by atoms with Crippen molar-refractivity contribution in [3.05, 3.63) is 177 Å². The maximum Gasteiger partial charge on any atom is 0.338 e. The van der Waals surface area contributed by atoms with Crippen molar-refractivity contribution in [3.63, 3.8) is 0 Å². The van der Waals surface area contributed by atoms with Gasteiger partial charge in [-0.1, -0.05) is 127 Å². The fourth-order valence-electron chi connectivity index (χ4n) is 6.12. The second kappa shape index (κ2) is 15.0. The number of thiophene rings is 1. The highest BCUT2D eigenvalue weighted by Crippen LogP contribution is 2.42. The number of nitrogens with one attached hydrogen (secondary N) is 1. The van der Waals surface area contributed by atoms with Gasteiger partial charge in [0.15, 0.2) is 18.2 Å². The van der Waals surface area contributed by atoms with Gasteiger partial charge in [-0.3, -0.25) is 9.59 Å². The molecule has 10 heteroatoms. The predicted octanol–water partition coefficient (Wildman–Crippen LogP) is 6.61. The molecule has 2 aliphatic heterocycles. The SMILES string of the molecule is O=C(Cc1cccs1)NC1C(=O)N2C(C(=O)OC(c3ccccc3)c3ccccc3)C(C(=O)OC(c3ccccc3)c3ccccc3)=CS[C@@H]12. The number of nitrogens with zero attached hydrogens (tertiary/aromatic N) is 1. The van der Waals surface area contributed by atoms with Crippen molar-refractivity contribution >= 4 is 46.9 Å². The number of thioether (sulfide) groups is 1. The fourth-order valence-corrected chi connectivity index (χ4v) is 8.03. The Morgan fingerprint density at radius 2 is 1.18 bits per heavy atom. The molecule has 1 fully saturated rings. The maximum absolute atomic E-state index is 14.4. The van der Waals surface area contributed by atoms with E-state index < -0.39 is 47.5 Å². The molecule has 3 atom stereocenters. The Hall–Kier alpha value is -5.45. The zero-order chi connectivity index (χ0) is 34.5. The molecule has 2 unspecified atom stereocenters. The van der Waals surface area contributed by atoms with Gasteiger partial charge in [-0.15, -0.1) is 23.1 Å². The van der Waals surface area contributed by atoms with Gasteiger partial charge in [0.25, 0.3) is 0 Å². The van der Waals surface area contributed by atoms with Gasteiger partial charge in [-0.2, -0.15) is 0 Å². The minimum Gasteiger partial charge on any atom is -0.451 e. The minimum atomic E-state index is -1.41. The molecule has 1 saturated heterocycles. The van der Waals surface area contributed by atoms with Gasteiger partial charge in [0, 0.05) is 4.88 Å². The van der Waals surface area contributed by atoms with E-state index in [0.717, 1.165) is 27.1 Å². The Morgan fingerprint density at radius 1 is 0.680 bits per heavy atom. The maximum atomic E-state index is 14.4. The summed E-state index contributed by atoms with van der Waals surface area (Å²) in [6.07, 6.45) is -1.45. The highest BCUT2D eigenvalue weighted by molar-refractivity contribution is 8.03. The van der Waals surface area contributed by atoms with Crippen molar-refractivity contribution in [2.24, 2.45) is 0 Å². The van der Waals surface area contributed by atoms with E-state index in [1.807, 2.05) is 139 Å². The monoisotopic (exact) mass is 700 g/mol. The van der Waals surface area contributed by atoms with Crippen LogP contribution in [0, 0.1) is 0 Å². The first kappa shape index (κ1) is 33.1. The van der Waals surface area contributed by atoms with Gasteiger partial charge >= 0.3 is 11.9 Å². The topological polar surface area (TPSA) is 102 Å². The van der Waals surface area contributed by atoms with Gasteiger partial charge in [0.05, 0.1) is 12.0 Å². The summed E-state index contributed by atoms with van der Waals surface area (Å²) >= 11 is 2.64. The highest BCUT2D eigenvalue weighted by atomic mass is 32.2. The lowest BCUT2D eigenvalue weighted by Crippen LogP contribution is -2.74.